The molecule has 3 heteroatoms. The van der Waals surface area contributed by atoms with Crippen LogP contribution in [0.1, 0.15) is 55.5 Å². The van der Waals surface area contributed by atoms with Crippen LogP contribution in [0.15, 0.2) is 24.3 Å². The summed E-state index contributed by atoms with van der Waals surface area (Å²) in [5, 5.41) is 3.36. The Balaban J connectivity index is 2.12. The Morgan fingerprint density at radius 2 is 1.95 bits per heavy atom. The van der Waals surface area contributed by atoms with E-state index in [1.165, 1.54) is 5.56 Å². The van der Waals surface area contributed by atoms with E-state index >= 15 is 0 Å². The second-order valence-corrected chi connectivity index (χ2v) is 6.15. The van der Waals surface area contributed by atoms with Gasteiger partial charge in [0.2, 0.25) is 0 Å². The van der Waals surface area contributed by atoms with Gasteiger partial charge in [-0.15, -0.1) is 0 Å². The highest BCUT2D eigenvalue weighted by atomic mass is 16.6. The molecule has 1 aliphatic heterocycles. The summed E-state index contributed by atoms with van der Waals surface area (Å²) in [4.78, 5) is 12.1. The Morgan fingerprint density at radius 1 is 1.26 bits per heavy atom. The van der Waals surface area contributed by atoms with E-state index in [4.69, 9.17) is 4.74 Å². The second kappa shape index (κ2) is 5.74. The van der Waals surface area contributed by atoms with Crippen LogP contribution in [-0.4, -0.2) is 24.7 Å². The van der Waals surface area contributed by atoms with Crippen LogP contribution < -0.4 is 5.32 Å². The highest BCUT2D eigenvalue weighted by Crippen LogP contribution is 2.26. The maximum Gasteiger partial charge on any atom is 0.338 e. The lowest BCUT2D eigenvalue weighted by molar-refractivity contribution is 0.00694. The van der Waals surface area contributed by atoms with Crippen LogP contribution in [0.2, 0.25) is 0 Å². The average molecular weight is 261 g/mol. The Labute approximate surface area is 115 Å². The van der Waals surface area contributed by atoms with Crippen molar-refractivity contribution in [2.24, 2.45) is 0 Å². The lowest BCUT2D eigenvalue weighted by Gasteiger charge is -2.24. The molecule has 0 amide bonds. The summed E-state index contributed by atoms with van der Waals surface area (Å²) in [7, 11) is 0. The molecule has 0 saturated carbocycles. The zero-order chi connectivity index (χ0) is 13.9. The summed E-state index contributed by atoms with van der Waals surface area (Å²) in [5.41, 5.74) is 1.47. The van der Waals surface area contributed by atoms with Crippen molar-refractivity contribution in [1.29, 1.82) is 0 Å². The largest absolute Gasteiger partial charge is 0.456 e. The number of carbonyl (C=O) groups is 1. The SMILES string of the molecule is CC(C)(C)OC(=O)c1cccc(C2CCNCC2)c1. The van der Waals surface area contributed by atoms with Gasteiger partial charge in [-0.2, -0.15) is 0 Å². The minimum Gasteiger partial charge on any atom is -0.456 e. The number of esters is 1. The molecule has 1 fully saturated rings. The number of benzene rings is 1. The molecule has 0 spiro atoms. The van der Waals surface area contributed by atoms with Gasteiger partial charge in [0.25, 0.3) is 0 Å². The monoisotopic (exact) mass is 261 g/mol. The van der Waals surface area contributed by atoms with Gasteiger partial charge in [-0.3, -0.25) is 0 Å². The van der Waals surface area contributed by atoms with Crippen molar-refractivity contribution in [3.05, 3.63) is 35.4 Å². The van der Waals surface area contributed by atoms with Crippen LogP contribution in [0.3, 0.4) is 0 Å². The number of hydrogen-bond donors (Lipinski definition) is 1. The van der Waals surface area contributed by atoms with Gasteiger partial charge in [0, 0.05) is 0 Å². The normalized spacial score (nSPS) is 17.2. The molecule has 0 radical (unpaired) electrons. The summed E-state index contributed by atoms with van der Waals surface area (Å²) in [6.45, 7) is 7.79. The fourth-order valence-electron chi connectivity index (χ4n) is 2.41. The Morgan fingerprint density at radius 3 is 2.58 bits per heavy atom. The molecule has 0 aliphatic carbocycles. The molecule has 0 atom stereocenters. The van der Waals surface area contributed by atoms with E-state index in [-0.39, 0.29) is 5.97 Å². The van der Waals surface area contributed by atoms with Gasteiger partial charge in [-0.05, 0) is 70.3 Å². The first-order valence-electron chi connectivity index (χ1n) is 7.00. The van der Waals surface area contributed by atoms with E-state index in [0.29, 0.717) is 11.5 Å². The highest BCUT2D eigenvalue weighted by Gasteiger charge is 2.20. The molecule has 3 nitrogen and oxygen atoms in total. The van der Waals surface area contributed by atoms with Gasteiger partial charge < -0.3 is 10.1 Å². The van der Waals surface area contributed by atoms with Gasteiger partial charge in [0.05, 0.1) is 5.56 Å². The number of nitrogens with one attached hydrogen (secondary N) is 1. The van der Waals surface area contributed by atoms with Crippen molar-refractivity contribution >= 4 is 5.97 Å². The zero-order valence-corrected chi connectivity index (χ0v) is 12.0. The van der Waals surface area contributed by atoms with E-state index in [0.717, 1.165) is 25.9 Å². The lowest BCUT2D eigenvalue weighted by atomic mass is 9.89. The van der Waals surface area contributed by atoms with Crippen LogP contribution >= 0.6 is 0 Å². The van der Waals surface area contributed by atoms with Crippen molar-refractivity contribution in [3.8, 4) is 0 Å². The quantitative estimate of drug-likeness (QED) is 0.831. The molecule has 1 heterocycles. The van der Waals surface area contributed by atoms with Crippen LogP contribution in [0.4, 0.5) is 0 Å². The number of carbonyl (C=O) groups excluding carboxylic acids is 1. The zero-order valence-electron chi connectivity index (χ0n) is 12.0. The molecule has 1 aromatic carbocycles. The van der Waals surface area contributed by atoms with Gasteiger partial charge in [0.1, 0.15) is 5.60 Å². The first-order valence-corrected chi connectivity index (χ1v) is 7.00. The van der Waals surface area contributed by atoms with E-state index in [2.05, 4.69) is 11.4 Å². The van der Waals surface area contributed by atoms with E-state index in [9.17, 15) is 4.79 Å². The molecule has 0 bridgehead atoms. The van der Waals surface area contributed by atoms with Crippen molar-refractivity contribution in [2.45, 2.75) is 45.1 Å². The molecule has 19 heavy (non-hydrogen) atoms. The average Bonchev–Trinajstić information content (AvgIpc) is 2.38. The standard InChI is InChI=1S/C16H23NO2/c1-16(2,3)19-15(18)14-6-4-5-13(11-14)12-7-9-17-10-8-12/h4-6,11-12,17H,7-10H2,1-3H3. The molecule has 0 aromatic heterocycles. The number of ether oxygens (including phenoxy) is 1. The molecule has 1 saturated heterocycles. The van der Waals surface area contributed by atoms with E-state index < -0.39 is 5.60 Å². The molecular weight excluding hydrogens is 238 g/mol. The van der Waals surface area contributed by atoms with Crippen molar-refractivity contribution in [2.75, 3.05) is 13.1 Å². The summed E-state index contributed by atoms with van der Waals surface area (Å²) >= 11 is 0. The Bertz CT molecular complexity index is 442. The topological polar surface area (TPSA) is 38.3 Å². The molecule has 2 rings (SSSR count). The van der Waals surface area contributed by atoms with Crippen molar-refractivity contribution in [1.82, 2.24) is 5.32 Å². The molecule has 1 aliphatic rings. The van der Waals surface area contributed by atoms with Crippen LogP contribution in [0.25, 0.3) is 0 Å². The number of rotatable bonds is 2. The third-order valence-corrected chi connectivity index (χ3v) is 3.33. The number of piperidine rings is 1. The fraction of sp³-hybridized carbons (Fsp3) is 0.562. The van der Waals surface area contributed by atoms with Gasteiger partial charge in [-0.25, -0.2) is 4.79 Å². The predicted octanol–water partition coefficient (Wildman–Crippen LogP) is 3.11. The summed E-state index contributed by atoms with van der Waals surface area (Å²) in [6, 6.07) is 7.89. The molecular formula is C16H23NO2. The van der Waals surface area contributed by atoms with Crippen LogP contribution in [0, 0.1) is 0 Å². The smallest absolute Gasteiger partial charge is 0.338 e. The summed E-state index contributed by atoms with van der Waals surface area (Å²) in [5.74, 6) is 0.326. The molecule has 1 N–H and O–H groups in total. The maximum atomic E-state index is 12.1. The van der Waals surface area contributed by atoms with Crippen LogP contribution in [0.5, 0.6) is 0 Å². The van der Waals surface area contributed by atoms with Gasteiger partial charge >= 0.3 is 5.97 Å². The summed E-state index contributed by atoms with van der Waals surface area (Å²) in [6.07, 6.45) is 2.27. The Hall–Kier alpha value is -1.35. The maximum absolute atomic E-state index is 12.1. The number of hydrogen-bond acceptors (Lipinski definition) is 3. The first-order chi connectivity index (χ1) is 8.96. The highest BCUT2D eigenvalue weighted by molar-refractivity contribution is 5.89. The van der Waals surface area contributed by atoms with Crippen molar-refractivity contribution < 1.29 is 9.53 Å². The minimum absolute atomic E-state index is 0.233. The Kier molecular flexibility index (Phi) is 4.25. The van der Waals surface area contributed by atoms with Gasteiger partial charge in [0.15, 0.2) is 0 Å². The fourth-order valence-corrected chi connectivity index (χ4v) is 2.41. The van der Waals surface area contributed by atoms with Crippen LogP contribution in [-0.2, 0) is 4.74 Å². The second-order valence-electron chi connectivity index (χ2n) is 6.15. The molecule has 0 unspecified atom stereocenters. The minimum atomic E-state index is -0.443. The first kappa shape index (κ1) is 14.1. The van der Waals surface area contributed by atoms with Gasteiger partial charge in [-0.1, -0.05) is 12.1 Å². The van der Waals surface area contributed by atoms with E-state index in [1.807, 2.05) is 39.0 Å². The molecule has 104 valence electrons. The molecule has 1 aromatic rings. The third kappa shape index (κ3) is 4.06. The van der Waals surface area contributed by atoms with E-state index in [1.54, 1.807) is 0 Å². The summed E-state index contributed by atoms with van der Waals surface area (Å²) < 4.78 is 5.41. The lowest BCUT2D eigenvalue weighted by Crippen LogP contribution is -2.27. The van der Waals surface area contributed by atoms with Crippen molar-refractivity contribution in [3.63, 3.8) is 0 Å². The third-order valence-electron chi connectivity index (χ3n) is 3.33. The predicted molar refractivity (Wildman–Crippen MR) is 76.5 cm³/mol.